The lowest BCUT2D eigenvalue weighted by atomic mass is 10.2. The number of nitrogens with zero attached hydrogens (tertiary/aromatic N) is 1. The van der Waals surface area contributed by atoms with Crippen LogP contribution in [0.1, 0.15) is 11.1 Å². The Morgan fingerprint density at radius 1 is 1.11 bits per heavy atom. The third-order valence-electron chi connectivity index (χ3n) is 2.99. The van der Waals surface area contributed by atoms with Crippen LogP contribution in [0.25, 0.3) is 10.2 Å². The Hall–Kier alpha value is -1.39. The highest BCUT2D eigenvalue weighted by atomic mass is 79.9. The zero-order valence-corrected chi connectivity index (χ0v) is 13.1. The van der Waals surface area contributed by atoms with Gasteiger partial charge in [0.05, 0.1) is 10.2 Å². The van der Waals surface area contributed by atoms with Gasteiger partial charge in [0, 0.05) is 10.2 Å². The molecule has 0 radical (unpaired) electrons. The van der Waals surface area contributed by atoms with Crippen molar-refractivity contribution < 1.29 is 0 Å². The van der Waals surface area contributed by atoms with E-state index >= 15 is 0 Å². The molecule has 0 atom stereocenters. The lowest BCUT2D eigenvalue weighted by molar-refractivity contribution is 1.38. The Bertz CT molecular complexity index is 749. The zero-order chi connectivity index (χ0) is 13.4. The highest BCUT2D eigenvalue weighted by Crippen LogP contribution is 2.30. The normalized spacial score (nSPS) is 10.9. The molecule has 0 spiro atoms. The van der Waals surface area contributed by atoms with E-state index in [4.69, 9.17) is 0 Å². The van der Waals surface area contributed by atoms with Crippen molar-refractivity contribution in [3.63, 3.8) is 0 Å². The Kier molecular flexibility index (Phi) is 3.29. The van der Waals surface area contributed by atoms with E-state index in [0.717, 1.165) is 20.8 Å². The largest absolute Gasteiger partial charge is 0.331 e. The molecule has 0 bridgehead atoms. The number of halogens is 1. The first-order valence-corrected chi connectivity index (χ1v) is 7.63. The third kappa shape index (κ3) is 2.65. The first kappa shape index (κ1) is 12.6. The predicted octanol–water partition coefficient (Wildman–Crippen LogP) is 5.42. The molecule has 2 aromatic carbocycles. The van der Waals surface area contributed by atoms with Gasteiger partial charge in [-0.15, -0.1) is 0 Å². The average Bonchev–Trinajstić information content (AvgIpc) is 2.75. The molecular formula is C15H13BrN2S. The molecule has 0 fully saturated rings. The van der Waals surface area contributed by atoms with Crippen LogP contribution in [0.15, 0.2) is 40.9 Å². The third-order valence-corrected chi connectivity index (χ3v) is 4.41. The summed E-state index contributed by atoms with van der Waals surface area (Å²) in [7, 11) is 0. The van der Waals surface area contributed by atoms with Crippen molar-refractivity contribution >= 4 is 48.3 Å². The van der Waals surface area contributed by atoms with Crippen LogP contribution in [0.2, 0.25) is 0 Å². The quantitative estimate of drug-likeness (QED) is 0.677. The molecule has 1 aromatic heterocycles. The molecular weight excluding hydrogens is 320 g/mol. The summed E-state index contributed by atoms with van der Waals surface area (Å²) in [5.41, 5.74) is 4.61. The van der Waals surface area contributed by atoms with Crippen molar-refractivity contribution in [2.45, 2.75) is 13.8 Å². The Labute approximate surface area is 124 Å². The molecule has 0 aliphatic carbocycles. The maximum absolute atomic E-state index is 4.61. The van der Waals surface area contributed by atoms with E-state index in [1.54, 1.807) is 11.3 Å². The van der Waals surface area contributed by atoms with E-state index in [1.165, 1.54) is 15.8 Å². The van der Waals surface area contributed by atoms with Crippen LogP contribution in [0.5, 0.6) is 0 Å². The fraction of sp³-hybridized carbons (Fsp3) is 0.133. The van der Waals surface area contributed by atoms with Gasteiger partial charge in [-0.3, -0.25) is 0 Å². The smallest absolute Gasteiger partial charge is 0.188 e. The average molecular weight is 333 g/mol. The van der Waals surface area contributed by atoms with Crippen molar-refractivity contribution in [2.24, 2.45) is 0 Å². The molecule has 96 valence electrons. The van der Waals surface area contributed by atoms with E-state index in [-0.39, 0.29) is 0 Å². The van der Waals surface area contributed by atoms with E-state index in [1.807, 2.05) is 6.07 Å². The maximum atomic E-state index is 4.61. The fourth-order valence-corrected chi connectivity index (χ4v) is 3.27. The molecule has 3 rings (SSSR count). The first-order chi connectivity index (χ1) is 9.11. The van der Waals surface area contributed by atoms with Gasteiger partial charge in [-0.1, -0.05) is 39.4 Å². The highest BCUT2D eigenvalue weighted by Gasteiger charge is 2.06. The summed E-state index contributed by atoms with van der Waals surface area (Å²) in [5.74, 6) is 0. The van der Waals surface area contributed by atoms with Crippen LogP contribution in [0.4, 0.5) is 10.8 Å². The molecule has 19 heavy (non-hydrogen) atoms. The molecule has 0 unspecified atom stereocenters. The van der Waals surface area contributed by atoms with Gasteiger partial charge in [-0.25, -0.2) is 4.98 Å². The molecule has 0 saturated carbocycles. The lowest BCUT2D eigenvalue weighted by Crippen LogP contribution is -1.92. The number of hydrogen-bond donors (Lipinski definition) is 1. The van der Waals surface area contributed by atoms with E-state index in [9.17, 15) is 0 Å². The molecule has 2 nitrogen and oxygen atoms in total. The summed E-state index contributed by atoms with van der Waals surface area (Å²) < 4.78 is 2.28. The summed E-state index contributed by atoms with van der Waals surface area (Å²) in [6.07, 6.45) is 0. The van der Waals surface area contributed by atoms with Crippen LogP contribution >= 0.6 is 27.3 Å². The number of anilines is 2. The van der Waals surface area contributed by atoms with E-state index < -0.39 is 0 Å². The number of rotatable bonds is 2. The summed E-state index contributed by atoms with van der Waals surface area (Å²) in [4.78, 5) is 4.61. The fourth-order valence-electron chi connectivity index (χ4n) is 1.93. The Balaban J connectivity index is 1.98. The minimum absolute atomic E-state index is 0.932. The second kappa shape index (κ2) is 4.94. The van der Waals surface area contributed by atoms with Crippen molar-refractivity contribution in [2.75, 3.05) is 5.32 Å². The number of thiazole rings is 1. The van der Waals surface area contributed by atoms with Gasteiger partial charge >= 0.3 is 0 Å². The number of nitrogens with one attached hydrogen (secondary N) is 1. The van der Waals surface area contributed by atoms with Gasteiger partial charge < -0.3 is 5.32 Å². The van der Waals surface area contributed by atoms with E-state index in [0.29, 0.717) is 0 Å². The van der Waals surface area contributed by atoms with Gasteiger partial charge in [0.25, 0.3) is 0 Å². The minimum Gasteiger partial charge on any atom is -0.331 e. The number of hydrogen-bond acceptors (Lipinski definition) is 3. The Morgan fingerprint density at radius 2 is 1.95 bits per heavy atom. The first-order valence-electron chi connectivity index (χ1n) is 6.02. The van der Waals surface area contributed by atoms with Gasteiger partial charge in [-0.2, -0.15) is 0 Å². The van der Waals surface area contributed by atoms with Crippen LogP contribution < -0.4 is 5.32 Å². The zero-order valence-electron chi connectivity index (χ0n) is 10.7. The number of fused-ring (bicyclic) bond motifs is 1. The van der Waals surface area contributed by atoms with Gasteiger partial charge in [0.1, 0.15) is 0 Å². The van der Waals surface area contributed by atoms with Gasteiger partial charge in [0.15, 0.2) is 5.13 Å². The number of aryl methyl sites for hydroxylation is 2. The maximum Gasteiger partial charge on any atom is 0.188 e. The standard InChI is InChI=1S/C15H13BrN2S/c1-9-3-6-12-14(7-9)19-15(17-12)18-13-8-11(16)5-4-10(13)2/h3-8H,1-2H3,(H,17,18). The molecule has 0 saturated heterocycles. The van der Waals surface area contributed by atoms with Gasteiger partial charge in [0.2, 0.25) is 0 Å². The van der Waals surface area contributed by atoms with Gasteiger partial charge in [-0.05, 0) is 49.2 Å². The van der Waals surface area contributed by atoms with Crippen molar-refractivity contribution in [1.82, 2.24) is 4.98 Å². The topological polar surface area (TPSA) is 24.9 Å². The molecule has 0 aliphatic heterocycles. The van der Waals surface area contributed by atoms with Crippen molar-refractivity contribution in [3.05, 3.63) is 52.0 Å². The summed E-state index contributed by atoms with van der Waals surface area (Å²) in [6, 6.07) is 12.5. The minimum atomic E-state index is 0.932. The summed E-state index contributed by atoms with van der Waals surface area (Å²) >= 11 is 5.18. The Morgan fingerprint density at radius 3 is 2.79 bits per heavy atom. The highest BCUT2D eigenvalue weighted by molar-refractivity contribution is 9.10. The summed E-state index contributed by atoms with van der Waals surface area (Å²) in [5, 5.41) is 4.33. The van der Waals surface area contributed by atoms with Crippen LogP contribution in [0.3, 0.4) is 0 Å². The SMILES string of the molecule is Cc1ccc2nc(Nc3cc(Br)ccc3C)sc2c1. The van der Waals surface area contributed by atoms with Crippen molar-refractivity contribution in [1.29, 1.82) is 0 Å². The second-order valence-corrected chi connectivity index (χ2v) is 6.52. The second-order valence-electron chi connectivity index (χ2n) is 4.57. The molecule has 4 heteroatoms. The van der Waals surface area contributed by atoms with Crippen LogP contribution in [0, 0.1) is 13.8 Å². The summed E-state index contributed by atoms with van der Waals surface area (Å²) in [6.45, 7) is 4.19. The number of benzene rings is 2. The molecule has 0 amide bonds. The molecule has 3 aromatic rings. The molecule has 0 aliphatic rings. The molecule has 1 heterocycles. The monoisotopic (exact) mass is 332 g/mol. The van der Waals surface area contributed by atoms with E-state index in [2.05, 4.69) is 70.4 Å². The number of aromatic nitrogens is 1. The van der Waals surface area contributed by atoms with Crippen molar-refractivity contribution in [3.8, 4) is 0 Å². The predicted molar refractivity (Wildman–Crippen MR) is 86.5 cm³/mol. The van der Waals surface area contributed by atoms with Crippen LogP contribution in [-0.4, -0.2) is 4.98 Å². The molecule has 1 N–H and O–H groups in total. The lowest BCUT2D eigenvalue weighted by Gasteiger charge is -2.06. The van der Waals surface area contributed by atoms with Crippen LogP contribution in [-0.2, 0) is 0 Å².